The minimum Gasteiger partial charge on any atom is -0.381 e. The van der Waals surface area contributed by atoms with Gasteiger partial charge in [-0.1, -0.05) is 30.3 Å². The average molecular weight is 483 g/mol. The Morgan fingerprint density at radius 3 is 2.63 bits per heavy atom. The van der Waals surface area contributed by atoms with Crippen LogP contribution in [0, 0.1) is 11.3 Å². The summed E-state index contributed by atoms with van der Waals surface area (Å²) in [6.07, 6.45) is 7.74. The Morgan fingerprint density at radius 1 is 1.19 bits per heavy atom. The molecule has 150 valence electrons. The number of benzene rings is 1. The molecule has 5 heteroatoms. The molecule has 27 heavy (non-hydrogen) atoms. The SMILES string of the molecule is CN=C(NCC1CCC(c2ccccc2)CC1)N1CCC2(CCOC2)C1.I. The molecule has 1 atom stereocenters. The molecule has 2 saturated heterocycles. The lowest BCUT2D eigenvalue weighted by atomic mass is 9.79. The Bertz CT molecular complexity index is 607. The maximum atomic E-state index is 5.66. The van der Waals surface area contributed by atoms with Crippen molar-refractivity contribution >= 4 is 29.9 Å². The molecule has 0 aromatic heterocycles. The summed E-state index contributed by atoms with van der Waals surface area (Å²) in [6.45, 7) is 5.15. The van der Waals surface area contributed by atoms with Gasteiger partial charge in [-0.25, -0.2) is 0 Å². The Hall–Kier alpha value is -0.820. The van der Waals surface area contributed by atoms with Crippen molar-refractivity contribution in [3.05, 3.63) is 35.9 Å². The van der Waals surface area contributed by atoms with Crippen molar-refractivity contribution in [1.82, 2.24) is 10.2 Å². The second-order valence-corrected chi connectivity index (χ2v) is 8.53. The maximum Gasteiger partial charge on any atom is 0.193 e. The first-order chi connectivity index (χ1) is 12.8. The first-order valence-electron chi connectivity index (χ1n) is 10.4. The Balaban J connectivity index is 0.00000210. The molecule has 2 heterocycles. The second-order valence-electron chi connectivity index (χ2n) is 8.53. The van der Waals surface area contributed by atoms with Gasteiger partial charge in [0.25, 0.3) is 0 Å². The Labute approximate surface area is 181 Å². The van der Waals surface area contributed by atoms with Crippen LogP contribution in [-0.4, -0.2) is 50.8 Å². The van der Waals surface area contributed by atoms with E-state index in [2.05, 4.69) is 45.5 Å². The molecular weight excluding hydrogens is 449 g/mol. The summed E-state index contributed by atoms with van der Waals surface area (Å²) in [7, 11) is 1.92. The molecule has 0 amide bonds. The number of likely N-dealkylation sites (tertiary alicyclic amines) is 1. The molecule has 2 aliphatic heterocycles. The van der Waals surface area contributed by atoms with Crippen LogP contribution in [0.15, 0.2) is 35.3 Å². The van der Waals surface area contributed by atoms with Crippen molar-refractivity contribution in [1.29, 1.82) is 0 Å². The lowest BCUT2D eigenvalue weighted by Gasteiger charge is -2.31. The van der Waals surface area contributed by atoms with E-state index in [0.717, 1.165) is 50.6 Å². The van der Waals surface area contributed by atoms with Gasteiger partial charge in [0.15, 0.2) is 5.96 Å². The predicted molar refractivity (Wildman–Crippen MR) is 122 cm³/mol. The minimum atomic E-state index is 0. The highest BCUT2D eigenvalue weighted by Gasteiger charge is 2.42. The van der Waals surface area contributed by atoms with Gasteiger partial charge in [-0.15, -0.1) is 24.0 Å². The molecule has 1 unspecified atom stereocenters. The fraction of sp³-hybridized carbons (Fsp3) is 0.682. The molecule has 0 radical (unpaired) electrons. The van der Waals surface area contributed by atoms with Gasteiger partial charge in [0, 0.05) is 38.7 Å². The standard InChI is InChI=1S/C22H33N3O.HI/c1-23-21(25-13-11-22(16-25)12-14-26-17-22)24-15-18-7-9-20(10-8-18)19-5-3-2-4-6-19;/h2-6,18,20H,7-17H2,1H3,(H,23,24);1H. The number of hydrogen-bond donors (Lipinski definition) is 1. The third kappa shape index (κ3) is 4.97. The maximum absolute atomic E-state index is 5.66. The quantitative estimate of drug-likeness (QED) is 0.397. The van der Waals surface area contributed by atoms with Crippen molar-refractivity contribution in [3.63, 3.8) is 0 Å². The van der Waals surface area contributed by atoms with E-state index >= 15 is 0 Å². The highest BCUT2D eigenvalue weighted by molar-refractivity contribution is 14.0. The predicted octanol–water partition coefficient (Wildman–Crippen LogP) is 4.27. The van der Waals surface area contributed by atoms with Crippen molar-refractivity contribution in [3.8, 4) is 0 Å². The van der Waals surface area contributed by atoms with Crippen LogP contribution in [0.2, 0.25) is 0 Å². The van der Waals surface area contributed by atoms with Crippen LogP contribution in [0.1, 0.15) is 50.0 Å². The van der Waals surface area contributed by atoms with Gasteiger partial charge in [-0.2, -0.15) is 0 Å². The van der Waals surface area contributed by atoms with E-state index in [0.29, 0.717) is 5.41 Å². The third-order valence-corrected chi connectivity index (χ3v) is 6.80. The van der Waals surface area contributed by atoms with E-state index in [9.17, 15) is 0 Å². The number of halogens is 1. The van der Waals surface area contributed by atoms with E-state index < -0.39 is 0 Å². The lowest BCUT2D eigenvalue weighted by molar-refractivity contribution is 0.156. The summed E-state index contributed by atoms with van der Waals surface area (Å²) >= 11 is 0. The van der Waals surface area contributed by atoms with Gasteiger partial charge < -0.3 is 15.0 Å². The molecule has 1 saturated carbocycles. The number of nitrogens with zero attached hydrogens (tertiary/aromatic N) is 2. The van der Waals surface area contributed by atoms with E-state index in [1.807, 2.05) is 7.05 Å². The van der Waals surface area contributed by atoms with E-state index in [1.165, 1.54) is 44.1 Å². The van der Waals surface area contributed by atoms with Gasteiger partial charge in [0.1, 0.15) is 0 Å². The molecule has 3 aliphatic rings. The molecular formula is C22H34IN3O. The number of rotatable bonds is 3. The zero-order chi connectivity index (χ0) is 17.8. The van der Waals surface area contributed by atoms with Crippen LogP contribution in [0.3, 0.4) is 0 Å². The van der Waals surface area contributed by atoms with Crippen molar-refractivity contribution in [2.75, 3.05) is 39.9 Å². The summed E-state index contributed by atoms with van der Waals surface area (Å²) in [6, 6.07) is 11.0. The molecule has 4 rings (SSSR count). The fourth-order valence-electron chi connectivity index (χ4n) is 5.08. The fourth-order valence-corrected chi connectivity index (χ4v) is 5.08. The monoisotopic (exact) mass is 483 g/mol. The zero-order valence-corrected chi connectivity index (χ0v) is 18.9. The van der Waals surface area contributed by atoms with Gasteiger partial charge in [0.2, 0.25) is 0 Å². The smallest absolute Gasteiger partial charge is 0.193 e. The van der Waals surface area contributed by atoms with Crippen LogP contribution in [-0.2, 0) is 4.74 Å². The van der Waals surface area contributed by atoms with Crippen molar-refractivity contribution in [2.45, 2.75) is 44.4 Å². The van der Waals surface area contributed by atoms with Crippen LogP contribution < -0.4 is 5.32 Å². The summed E-state index contributed by atoms with van der Waals surface area (Å²) in [5.74, 6) is 2.63. The summed E-state index contributed by atoms with van der Waals surface area (Å²) in [5, 5.41) is 3.68. The summed E-state index contributed by atoms with van der Waals surface area (Å²) in [4.78, 5) is 7.01. The largest absolute Gasteiger partial charge is 0.381 e. The highest BCUT2D eigenvalue weighted by Crippen LogP contribution is 2.38. The Morgan fingerprint density at radius 2 is 1.96 bits per heavy atom. The van der Waals surface area contributed by atoms with Crippen molar-refractivity contribution in [2.24, 2.45) is 16.3 Å². The van der Waals surface area contributed by atoms with Gasteiger partial charge >= 0.3 is 0 Å². The molecule has 1 aromatic carbocycles. The first kappa shape index (κ1) is 20.9. The molecule has 0 bridgehead atoms. The molecule has 1 N–H and O–H groups in total. The van der Waals surface area contributed by atoms with Crippen LogP contribution in [0.4, 0.5) is 0 Å². The molecule has 3 fully saturated rings. The van der Waals surface area contributed by atoms with E-state index in [1.54, 1.807) is 0 Å². The van der Waals surface area contributed by atoms with Crippen LogP contribution in [0.5, 0.6) is 0 Å². The lowest BCUT2D eigenvalue weighted by Crippen LogP contribution is -2.43. The summed E-state index contributed by atoms with van der Waals surface area (Å²) < 4.78 is 5.66. The molecule has 4 nitrogen and oxygen atoms in total. The molecule has 1 aromatic rings. The number of guanidine groups is 1. The van der Waals surface area contributed by atoms with Gasteiger partial charge in [0.05, 0.1) is 6.61 Å². The van der Waals surface area contributed by atoms with E-state index in [-0.39, 0.29) is 24.0 Å². The third-order valence-electron chi connectivity index (χ3n) is 6.80. The number of aliphatic imine (C=N–C) groups is 1. The normalized spacial score (nSPS) is 31.1. The first-order valence-corrected chi connectivity index (χ1v) is 10.4. The highest BCUT2D eigenvalue weighted by atomic mass is 127. The van der Waals surface area contributed by atoms with Crippen molar-refractivity contribution < 1.29 is 4.74 Å². The second kappa shape index (κ2) is 9.59. The molecule has 1 spiro atoms. The topological polar surface area (TPSA) is 36.9 Å². The summed E-state index contributed by atoms with van der Waals surface area (Å²) in [5.41, 5.74) is 1.92. The van der Waals surface area contributed by atoms with Gasteiger partial charge in [-0.3, -0.25) is 4.99 Å². The number of hydrogen-bond acceptors (Lipinski definition) is 2. The zero-order valence-electron chi connectivity index (χ0n) is 16.5. The minimum absolute atomic E-state index is 0. The van der Waals surface area contributed by atoms with Crippen LogP contribution >= 0.6 is 24.0 Å². The number of ether oxygens (including phenoxy) is 1. The van der Waals surface area contributed by atoms with Gasteiger partial charge in [-0.05, 0) is 55.9 Å². The van der Waals surface area contributed by atoms with Crippen LogP contribution in [0.25, 0.3) is 0 Å². The van der Waals surface area contributed by atoms with E-state index in [4.69, 9.17) is 4.74 Å². The Kier molecular flexibility index (Phi) is 7.42. The average Bonchev–Trinajstić information content (AvgIpc) is 3.34. The molecule has 1 aliphatic carbocycles. The number of nitrogens with one attached hydrogen (secondary N) is 1.